The molecule has 8 aromatic rings. The van der Waals surface area contributed by atoms with Crippen molar-refractivity contribution in [1.82, 2.24) is 5.32 Å². The Morgan fingerprint density at radius 2 is 0.496 bits per heavy atom. The van der Waals surface area contributed by atoms with Crippen LogP contribution in [0.3, 0.4) is 0 Å². The number of esters is 7. The molecule has 0 unspecified atom stereocenters. The Morgan fingerprint density at radius 1 is 0.237 bits per heavy atom. The van der Waals surface area contributed by atoms with Gasteiger partial charge in [-0.15, -0.1) is 0 Å². The van der Waals surface area contributed by atoms with Gasteiger partial charge in [0.15, 0.2) is 68.1 Å². The van der Waals surface area contributed by atoms with Crippen LogP contribution in [0.2, 0.25) is 0 Å². The molecule has 5 aliphatic rings. The summed E-state index contributed by atoms with van der Waals surface area (Å²) in [5, 5.41) is 3.03. The summed E-state index contributed by atoms with van der Waals surface area (Å²) >= 11 is 0. The van der Waals surface area contributed by atoms with Crippen LogP contribution in [0.5, 0.6) is 0 Å². The first-order chi connectivity index (χ1) is 65.4. The summed E-state index contributed by atoms with van der Waals surface area (Å²) in [6.07, 6.45) is -38.7. The Morgan fingerprint density at radius 3 is 0.874 bits per heavy atom. The van der Waals surface area contributed by atoms with Crippen molar-refractivity contribution in [3.63, 3.8) is 0 Å². The molecule has 0 radical (unpaired) electrons. The summed E-state index contributed by atoms with van der Waals surface area (Å²) in [6.45, 7) is 8.10. The fourth-order valence-electron chi connectivity index (χ4n) is 16.6. The van der Waals surface area contributed by atoms with Gasteiger partial charge in [0.25, 0.3) is 0 Å². The van der Waals surface area contributed by atoms with Crippen LogP contribution in [-0.2, 0) is 205 Å². The van der Waals surface area contributed by atoms with Crippen LogP contribution in [-0.4, -0.2) is 228 Å². The van der Waals surface area contributed by atoms with Crippen molar-refractivity contribution in [2.24, 2.45) is 0 Å². The van der Waals surface area contributed by atoms with Gasteiger partial charge in [-0.25, -0.2) is 0 Å². The summed E-state index contributed by atoms with van der Waals surface area (Å²) in [7, 11) is 0. The maximum atomic E-state index is 15.0. The molecule has 5 aliphatic heterocycles. The molecule has 13 rings (SSSR count). The van der Waals surface area contributed by atoms with Gasteiger partial charge in [-0.3, -0.25) is 38.4 Å². The van der Waals surface area contributed by atoms with Crippen LogP contribution >= 0.6 is 0 Å². The lowest BCUT2D eigenvalue weighted by atomic mass is 9.93. The number of rotatable bonds is 44. The lowest BCUT2D eigenvalue weighted by molar-refractivity contribution is -0.398. The van der Waals surface area contributed by atoms with Gasteiger partial charge in [-0.2, -0.15) is 0 Å². The van der Waals surface area contributed by atoms with E-state index in [1.54, 1.807) is 54.6 Å². The van der Waals surface area contributed by atoms with Crippen molar-refractivity contribution in [1.29, 1.82) is 0 Å². The molecule has 25 atom stereocenters. The van der Waals surface area contributed by atoms with Crippen LogP contribution in [0, 0.1) is 0 Å². The highest BCUT2D eigenvalue weighted by Crippen LogP contribution is 2.43. The topological polar surface area (TPSA) is 370 Å². The number of ether oxygens (including phenoxy) is 24. The average molecular weight is 1870 g/mol. The molecule has 135 heavy (non-hydrogen) atoms. The molecule has 722 valence electrons. The minimum absolute atomic E-state index is 0.0136. The lowest BCUT2D eigenvalue weighted by Crippen LogP contribution is -2.72. The molecule has 0 saturated carbocycles. The summed E-state index contributed by atoms with van der Waals surface area (Å²) in [4.78, 5) is 110. The molecule has 8 aromatic carbocycles. The van der Waals surface area contributed by atoms with E-state index in [-0.39, 0.29) is 66.1 Å². The first kappa shape index (κ1) is 101. The minimum atomic E-state index is -2.06. The zero-order valence-corrected chi connectivity index (χ0v) is 76.6. The maximum absolute atomic E-state index is 15.0. The van der Waals surface area contributed by atoms with Crippen molar-refractivity contribution in [2.75, 3.05) is 26.4 Å². The second-order valence-corrected chi connectivity index (χ2v) is 33.1. The molecule has 0 spiro atoms. The van der Waals surface area contributed by atoms with Gasteiger partial charge >= 0.3 is 41.8 Å². The number of hydrogen-bond donors (Lipinski definition) is 1. The third kappa shape index (κ3) is 29.9. The van der Waals surface area contributed by atoms with Gasteiger partial charge in [0.05, 0.1) is 78.8 Å². The third-order valence-corrected chi connectivity index (χ3v) is 22.5. The SMILES string of the molecule is CC(=O)N[C@H]1[C@H](O[C@H]2[C@@H](OC(C)=O)[C@@H](COCc3ccccc3)O[C@@H](O[C@H]3[C@H](OCc4ccccc4)[C@@H](OCc4ccccc4)[C@H](OCc4ccccc4)O[C@@H]3COCc3ccccc3)[C@@H]2OCc2ccccc2)O[C@H](COCc2ccccc2)[C@@H](O[C@@H]2O[C@H](COC(C)=O)[C@H](OC(C)=O)[C@H](OC(C)=O)[C@H]2OC(C)=O)[C@@H]1O[C@@H]1O[C@@H](C)[C@@H](OC(C)=O)[C@@H](OC(C)=O)[C@@H]1OCc1ccccc1. The smallest absolute Gasteiger partial charge is 0.303 e. The van der Waals surface area contributed by atoms with Gasteiger partial charge in [0.2, 0.25) is 5.91 Å². The van der Waals surface area contributed by atoms with Gasteiger partial charge in [0, 0.05) is 55.4 Å². The quantitative estimate of drug-likeness (QED) is 0.0274. The molecule has 1 N–H and O–H groups in total. The fraction of sp³-hybridized carbons (Fsp3) is 0.451. The number of nitrogens with one attached hydrogen (secondary N) is 1. The second-order valence-electron chi connectivity index (χ2n) is 33.1. The Bertz CT molecular complexity index is 4990. The summed E-state index contributed by atoms with van der Waals surface area (Å²) in [6, 6.07) is 72.5. The Balaban J connectivity index is 1.02. The number of hydrogen-bond acceptors (Lipinski definition) is 32. The normalized spacial score (nSPS) is 28.3. The largest absolute Gasteiger partial charge is 0.463 e. The van der Waals surface area contributed by atoms with Crippen molar-refractivity contribution in [2.45, 2.75) is 269 Å². The van der Waals surface area contributed by atoms with E-state index in [0.29, 0.717) is 16.7 Å². The molecule has 0 aromatic heterocycles. The Labute approximate surface area is 783 Å². The molecule has 33 heteroatoms. The first-order valence-electron chi connectivity index (χ1n) is 44.9. The fourth-order valence-corrected chi connectivity index (χ4v) is 16.6. The Hall–Kier alpha value is -11.2. The molecule has 1 amide bonds. The minimum Gasteiger partial charge on any atom is -0.463 e. The monoisotopic (exact) mass is 1870 g/mol. The average Bonchev–Trinajstić information content (AvgIpc) is 0.740. The zero-order chi connectivity index (χ0) is 95.1. The molecule has 0 bridgehead atoms. The van der Waals surface area contributed by atoms with Crippen LogP contribution in [0.4, 0.5) is 0 Å². The van der Waals surface area contributed by atoms with Crippen molar-refractivity contribution in [3.05, 3.63) is 287 Å². The first-order valence-corrected chi connectivity index (χ1v) is 44.9. The third-order valence-electron chi connectivity index (χ3n) is 22.5. The predicted molar refractivity (Wildman–Crippen MR) is 476 cm³/mol. The number of benzene rings is 8. The van der Waals surface area contributed by atoms with Crippen molar-refractivity contribution >= 4 is 47.7 Å². The highest BCUT2D eigenvalue weighted by atomic mass is 16.8. The van der Waals surface area contributed by atoms with Crippen molar-refractivity contribution < 1.29 is 152 Å². The van der Waals surface area contributed by atoms with E-state index >= 15 is 4.79 Å². The maximum Gasteiger partial charge on any atom is 0.303 e. The van der Waals surface area contributed by atoms with Crippen LogP contribution < -0.4 is 5.32 Å². The number of carbonyl (C=O) groups excluding carboxylic acids is 8. The highest BCUT2D eigenvalue weighted by molar-refractivity contribution is 5.73. The number of carbonyl (C=O) groups is 8. The van der Waals surface area contributed by atoms with E-state index in [1.807, 2.05) is 188 Å². The molecular formula is C102H117NO32. The second kappa shape index (κ2) is 51.1. The van der Waals surface area contributed by atoms with E-state index in [1.165, 1.54) is 20.8 Å². The summed E-state index contributed by atoms with van der Waals surface area (Å²) in [5.41, 5.74) is 5.82. The zero-order valence-electron chi connectivity index (χ0n) is 76.6. The van der Waals surface area contributed by atoms with Crippen molar-refractivity contribution in [3.8, 4) is 0 Å². The van der Waals surface area contributed by atoms with Gasteiger partial charge < -0.3 is 119 Å². The molecule has 5 fully saturated rings. The van der Waals surface area contributed by atoms with Crippen LogP contribution in [0.25, 0.3) is 0 Å². The summed E-state index contributed by atoms with van der Waals surface area (Å²) in [5.74, 6) is -7.03. The molecule has 0 aliphatic carbocycles. The van der Waals surface area contributed by atoms with Gasteiger partial charge in [-0.05, 0) is 51.4 Å². The van der Waals surface area contributed by atoms with Crippen LogP contribution in [0.15, 0.2) is 243 Å². The standard InChI is InChI=1S/C102H117NO32/c1-62-84(122-65(4)106)91(125-68(7)109)95(118-55-76-44-28-15-29-45-76)100(121-62)134-89-83(103-63(2)104)98(128-79(58-112-50-71-34-18-10-19-35-71)85(89)132-102-97(127-70(9)111)93(126-69(8)110)88(124-67(6)108)82(131-102)61-115-64(3)105)135-92-87(123-66(5)107)81(60-114-52-73-38-22-12-23-39-73)130-101(96(92)119-56-77-46-30-16-31-47-77)133-86-80(59-113-51-72-36-20-11-21-37-72)129-99(120-57-78-48-32-17-33-49-78)94(117-54-75-42-26-14-27-43-75)90(86)116-53-74-40-24-13-25-41-74/h10-49,62,79-102H,50-61H2,1-9H3,(H,103,104)/t62-,79+,80+,81+,82+,83+,84+,85+,86+,87-,88-,89+,90-,91+,92-,93-,94+,95-,96+,97+,98-,99+,100-,101-,102-/m0/s1. The van der Waals surface area contributed by atoms with E-state index in [2.05, 4.69) is 5.32 Å². The van der Waals surface area contributed by atoms with E-state index in [4.69, 9.17) is 114 Å². The lowest BCUT2D eigenvalue weighted by Gasteiger charge is -2.53. The predicted octanol–water partition coefficient (Wildman–Crippen LogP) is 11.0. The molecule has 5 saturated heterocycles. The van der Waals surface area contributed by atoms with E-state index in [0.717, 1.165) is 69.4 Å². The molecular weight excluding hydrogens is 1750 g/mol. The van der Waals surface area contributed by atoms with Gasteiger partial charge in [-0.1, -0.05) is 243 Å². The highest BCUT2D eigenvalue weighted by Gasteiger charge is 2.62. The number of amides is 1. The summed E-state index contributed by atoms with van der Waals surface area (Å²) < 4.78 is 165. The molecule has 33 nitrogen and oxygen atoms in total. The van der Waals surface area contributed by atoms with Gasteiger partial charge in [0.1, 0.15) is 85.9 Å². The molecule has 5 heterocycles. The van der Waals surface area contributed by atoms with E-state index < -0.39 is 214 Å². The Kier molecular flexibility index (Phi) is 38.4. The van der Waals surface area contributed by atoms with Crippen LogP contribution in [0.1, 0.15) is 107 Å². The van der Waals surface area contributed by atoms with E-state index in [9.17, 15) is 33.6 Å².